The number of hydrogen-bond donors (Lipinski definition) is 1. The lowest BCUT2D eigenvalue weighted by Gasteiger charge is -2.09. The summed E-state index contributed by atoms with van der Waals surface area (Å²) in [4.78, 5) is 0. The number of aryl methyl sites for hydroxylation is 2. The highest BCUT2D eigenvalue weighted by Gasteiger charge is 2.12. The first-order valence-corrected chi connectivity index (χ1v) is 5.89. The fourth-order valence-corrected chi connectivity index (χ4v) is 2.01. The van der Waals surface area contributed by atoms with Gasteiger partial charge in [-0.1, -0.05) is 6.92 Å². The van der Waals surface area contributed by atoms with Gasteiger partial charge in [-0.05, 0) is 44.0 Å². The largest absolute Gasteiger partial charge is 0.399 e. The summed E-state index contributed by atoms with van der Waals surface area (Å²) < 4.78 is 2.15. The number of anilines is 1. The van der Waals surface area contributed by atoms with Gasteiger partial charge in [0, 0.05) is 17.8 Å². The van der Waals surface area contributed by atoms with Gasteiger partial charge in [0.15, 0.2) is 5.82 Å². The molecule has 0 aliphatic heterocycles. The molecule has 17 heavy (non-hydrogen) atoms. The molecule has 90 valence electrons. The molecular formula is C13H18N4. The first-order valence-electron chi connectivity index (χ1n) is 5.89. The van der Waals surface area contributed by atoms with Gasteiger partial charge in [-0.2, -0.15) is 0 Å². The van der Waals surface area contributed by atoms with Crippen LogP contribution in [0.4, 0.5) is 5.69 Å². The number of nitrogens with two attached hydrogens (primary N) is 1. The number of rotatable bonds is 3. The predicted molar refractivity (Wildman–Crippen MR) is 69.6 cm³/mol. The van der Waals surface area contributed by atoms with Crippen LogP contribution in [-0.2, 0) is 6.54 Å². The molecule has 1 aromatic carbocycles. The molecule has 0 atom stereocenters. The Morgan fingerprint density at radius 1 is 1.24 bits per heavy atom. The Bertz CT molecular complexity index is 528. The SMILES string of the molecule is CCCn1c(C)nnc1-c1ccc(N)cc1C. The van der Waals surface area contributed by atoms with E-state index in [1.807, 2.05) is 32.0 Å². The third kappa shape index (κ3) is 2.16. The van der Waals surface area contributed by atoms with Crippen molar-refractivity contribution in [3.63, 3.8) is 0 Å². The normalized spacial score (nSPS) is 10.8. The molecule has 0 aliphatic carbocycles. The first kappa shape index (κ1) is 11.6. The highest BCUT2D eigenvalue weighted by atomic mass is 15.3. The van der Waals surface area contributed by atoms with Crippen LogP contribution in [0.5, 0.6) is 0 Å². The van der Waals surface area contributed by atoms with Crippen molar-refractivity contribution in [2.24, 2.45) is 0 Å². The van der Waals surface area contributed by atoms with Crippen LogP contribution in [0.1, 0.15) is 24.7 Å². The Morgan fingerprint density at radius 3 is 2.65 bits per heavy atom. The van der Waals surface area contributed by atoms with E-state index < -0.39 is 0 Å². The number of hydrogen-bond acceptors (Lipinski definition) is 3. The van der Waals surface area contributed by atoms with Crippen molar-refractivity contribution >= 4 is 5.69 Å². The Morgan fingerprint density at radius 2 is 2.00 bits per heavy atom. The smallest absolute Gasteiger partial charge is 0.164 e. The fraction of sp³-hybridized carbons (Fsp3) is 0.385. The zero-order chi connectivity index (χ0) is 12.4. The molecule has 1 heterocycles. The molecule has 4 nitrogen and oxygen atoms in total. The second-order valence-electron chi connectivity index (χ2n) is 4.30. The van der Waals surface area contributed by atoms with Crippen LogP contribution in [0.15, 0.2) is 18.2 Å². The molecule has 0 saturated heterocycles. The highest BCUT2D eigenvalue weighted by Crippen LogP contribution is 2.24. The van der Waals surface area contributed by atoms with Gasteiger partial charge in [-0.25, -0.2) is 0 Å². The number of nitrogens with zero attached hydrogens (tertiary/aromatic N) is 3. The highest BCUT2D eigenvalue weighted by molar-refractivity contribution is 5.64. The molecule has 0 saturated carbocycles. The van der Waals surface area contributed by atoms with Crippen molar-refractivity contribution in [2.75, 3.05) is 5.73 Å². The zero-order valence-electron chi connectivity index (χ0n) is 10.6. The van der Waals surface area contributed by atoms with Gasteiger partial charge >= 0.3 is 0 Å². The standard InChI is InChI=1S/C13H18N4/c1-4-7-17-10(3)15-16-13(17)12-6-5-11(14)8-9(12)2/h5-6,8H,4,7,14H2,1-3H3. The summed E-state index contributed by atoms with van der Waals surface area (Å²) in [7, 11) is 0. The van der Waals surface area contributed by atoms with Crippen LogP contribution in [0, 0.1) is 13.8 Å². The van der Waals surface area contributed by atoms with Gasteiger partial charge in [0.1, 0.15) is 5.82 Å². The van der Waals surface area contributed by atoms with Gasteiger partial charge in [-0.15, -0.1) is 10.2 Å². The van der Waals surface area contributed by atoms with Crippen molar-refractivity contribution < 1.29 is 0 Å². The second-order valence-corrected chi connectivity index (χ2v) is 4.30. The van der Waals surface area contributed by atoms with Gasteiger partial charge < -0.3 is 10.3 Å². The molecule has 2 N–H and O–H groups in total. The summed E-state index contributed by atoms with van der Waals surface area (Å²) in [5.74, 6) is 1.89. The number of aromatic nitrogens is 3. The van der Waals surface area contributed by atoms with Crippen molar-refractivity contribution in [3.8, 4) is 11.4 Å². The quantitative estimate of drug-likeness (QED) is 0.824. The molecular weight excluding hydrogens is 212 g/mol. The maximum absolute atomic E-state index is 5.76. The van der Waals surface area contributed by atoms with Crippen LogP contribution in [0.2, 0.25) is 0 Å². The van der Waals surface area contributed by atoms with E-state index in [0.29, 0.717) is 0 Å². The third-order valence-corrected chi connectivity index (χ3v) is 2.87. The Kier molecular flexibility index (Phi) is 3.13. The van der Waals surface area contributed by atoms with Gasteiger partial charge in [-0.3, -0.25) is 0 Å². The minimum Gasteiger partial charge on any atom is -0.399 e. The Hall–Kier alpha value is -1.84. The van der Waals surface area contributed by atoms with Crippen LogP contribution in [0.3, 0.4) is 0 Å². The van der Waals surface area contributed by atoms with E-state index >= 15 is 0 Å². The lowest BCUT2D eigenvalue weighted by atomic mass is 10.1. The second kappa shape index (κ2) is 4.57. The van der Waals surface area contributed by atoms with E-state index in [-0.39, 0.29) is 0 Å². The van der Waals surface area contributed by atoms with Crippen LogP contribution in [-0.4, -0.2) is 14.8 Å². The molecule has 0 fully saturated rings. The maximum atomic E-state index is 5.76. The summed E-state index contributed by atoms with van der Waals surface area (Å²) in [6, 6.07) is 5.89. The van der Waals surface area contributed by atoms with E-state index in [1.165, 1.54) is 0 Å². The molecule has 2 rings (SSSR count). The topological polar surface area (TPSA) is 56.7 Å². The van der Waals surface area contributed by atoms with Gasteiger partial charge in [0.05, 0.1) is 0 Å². The van der Waals surface area contributed by atoms with Crippen molar-refractivity contribution in [2.45, 2.75) is 33.7 Å². The monoisotopic (exact) mass is 230 g/mol. The molecule has 4 heteroatoms. The average molecular weight is 230 g/mol. The van der Waals surface area contributed by atoms with Crippen LogP contribution >= 0.6 is 0 Å². The lowest BCUT2D eigenvalue weighted by Crippen LogP contribution is -2.03. The minimum atomic E-state index is 0.782. The molecule has 2 aromatic rings. The van der Waals surface area contributed by atoms with E-state index in [0.717, 1.165) is 41.4 Å². The summed E-state index contributed by atoms with van der Waals surface area (Å²) >= 11 is 0. The molecule has 0 bridgehead atoms. The molecule has 0 aliphatic rings. The summed E-state index contributed by atoms with van der Waals surface area (Å²) in [5, 5.41) is 8.42. The van der Waals surface area contributed by atoms with Gasteiger partial charge in [0.25, 0.3) is 0 Å². The van der Waals surface area contributed by atoms with Crippen molar-refractivity contribution in [1.82, 2.24) is 14.8 Å². The predicted octanol–water partition coefficient (Wildman–Crippen LogP) is 2.55. The third-order valence-electron chi connectivity index (χ3n) is 2.87. The van der Waals surface area contributed by atoms with E-state index in [4.69, 9.17) is 5.73 Å². The van der Waals surface area contributed by atoms with E-state index in [9.17, 15) is 0 Å². The van der Waals surface area contributed by atoms with E-state index in [1.54, 1.807) is 0 Å². The summed E-state index contributed by atoms with van der Waals surface area (Å²) in [5.41, 5.74) is 8.79. The molecule has 1 aromatic heterocycles. The van der Waals surface area contributed by atoms with Crippen molar-refractivity contribution in [3.05, 3.63) is 29.6 Å². The molecule has 0 amide bonds. The minimum absolute atomic E-state index is 0.782. The van der Waals surface area contributed by atoms with Crippen LogP contribution < -0.4 is 5.73 Å². The van der Waals surface area contributed by atoms with Crippen LogP contribution in [0.25, 0.3) is 11.4 Å². The van der Waals surface area contributed by atoms with E-state index in [2.05, 4.69) is 21.7 Å². The van der Waals surface area contributed by atoms with Crippen molar-refractivity contribution in [1.29, 1.82) is 0 Å². The Balaban J connectivity index is 2.52. The number of nitrogen functional groups attached to an aromatic ring is 1. The molecule has 0 unspecified atom stereocenters. The summed E-state index contributed by atoms with van der Waals surface area (Å²) in [6.07, 6.45) is 1.07. The fourth-order valence-electron chi connectivity index (χ4n) is 2.01. The zero-order valence-corrected chi connectivity index (χ0v) is 10.6. The number of benzene rings is 1. The first-order chi connectivity index (χ1) is 8.13. The average Bonchev–Trinajstić information content (AvgIpc) is 2.62. The molecule has 0 spiro atoms. The molecule has 0 radical (unpaired) electrons. The summed E-state index contributed by atoms with van der Waals surface area (Å²) in [6.45, 7) is 7.13. The lowest BCUT2D eigenvalue weighted by molar-refractivity contribution is 0.663. The maximum Gasteiger partial charge on any atom is 0.164 e. The Labute approximate surface area is 101 Å². The van der Waals surface area contributed by atoms with Gasteiger partial charge in [0.2, 0.25) is 0 Å².